The number of hydrogen-bond donors (Lipinski definition) is 3. The van der Waals surface area contributed by atoms with Crippen LogP contribution in [0.5, 0.6) is 0 Å². The highest BCUT2D eigenvalue weighted by atomic mass is 32.1. The Kier molecular flexibility index (Phi) is 3.82. The molecule has 2 aromatic rings. The van der Waals surface area contributed by atoms with Crippen molar-refractivity contribution in [3.8, 4) is 0 Å². The maximum absolute atomic E-state index is 12.1. The molecule has 0 bridgehead atoms. The smallest absolute Gasteiger partial charge is 0.319 e. The monoisotopic (exact) mass is 305 g/mol. The van der Waals surface area contributed by atoms with Crippen molar-refractivity contribution in [1.29, 1.82) is 0 Å². The number of aromatic nitrogens is 1. The molecule has 1 aliphatic carbocycles. The molecule has 2 amide bonds. The molecule has 112 valence electrons. The lowest BCUT2D eigenvalue weighted by molar-refractivity contribution is 0.167. The van der Waals surface area contributed by atoms with Crippen LogP contribution in [0.15, 0.2) is 18.2 Å². The molecular weight excluding hydrogens is 286 g/mol. The van der Waals surface area contributed by atoms with Crippen LogP contribution in [0.25, 0.3) is 10.2 Å². The topological polar surface area (TPSA) is 74.2 Å². The van der Waals surface area contributed by atoms with Gasteiger partial charge in [0.2, 0.25) is 0 Å². The number of carbonyl (C=O) groups is 1. The lowest BCUT2D eigenvalue weighted by atomic mass is 9.99. The Bertz CT molecular complexity index is 662. The molecule has 1 saturated carbocycles. The second kappa shape index (κ2) is 5.61. The number of anilines is 1. The van der Waals surface area contributed by atoms with E-state index >= 15 is 0 Å². The predicted molar refractivity (Wildman–Crippen MR) is 84.8 cm³/mol. The predicted octanol–water partition coefficient (Wildman–Crippen LogP) is 3.03. The summed E-state index contributed by atoms with van der Waals surface area (Å²) in [5.74, 6) is 0. The Hall–Kier alpha value is -1.66. The normalized spacial score (nSPS) is 17.0. The molecule has 5 nitrogen and oxygen atoms in total. The van der Waals surface area contributed by atoms with Gasteiger partial charge in [-0.2, -0.15) is 0 Å². The number of nitrogens with zero attached hydrogens (tertiary/aromatic N) is 1. The van der Waals surface area contributed by atoms with Crippen LogP contribution in [-0.2, 0) is 0 Å². The third kappa shape index (κ3) is 3.01. The molecule has 0 radical (unpaired) electrons. The Labute approximate surface area is 127 Å². The van der Waals surface area contributed by atoms with Crippen molar-refractivity contribution < 1.29 is 9.90 Å². The van der Waals surface area contributed by atoms with Crippen LogP contribution >= 0.6 is 11.3 Å². The van der Waals surface area contributed by atoms with Crippen molar-refractivity contribution in [1.82, 2.24) is 10.3 Å². The molecule has 3 rings (SSSR count). The van der Waals surface area contributed by atoms with Gasteiger partial charge < -0.3 is 15.7 Å². The van der Waals surface area contributed by atoms with Gasteiger partial charge in [-0.05, 0) is 38.0 Å². The quantitative estimate of drug-likeness (QED) is 0.816. The van der Waals surface area contributed by atoms with Crippen molar-refractivity contribution >= 4 is 33.3 Å². The fraction of sp³-hybridized carbons (Fsp3) is 0.467. The number of aliphatic hydroxyl groups is 1. The Morgan fingerprint density at radius 2 is 2.19 bits per heavy atom. The summed E-state index contributed by atoms with van der Waals surface area (Å²) in [4.78, 5) is 16.5. The minimum absolute atomic E-state index is 0.00645. The molecule has 1 heterocycles. The number of rotatable bonds is 3. The van der Waals surface area contributed by atoms with Crippen molar-refractivity contribution in [2.75, 3.05) is 11.9 Å². The van der Waals surface area contributed by atoms with Gasteiger partial charge in [0.25, 0.3) is 0 Å². The van der Waals surface area contributed by atoms with E-state index in [2.05, 4.69) is 15.6 Å². The van der Waals surface area contributed by atoms with Crippen LogP contribution in [-0.4, -0.2) is 28.3 Å². The molecule has 3 N–H and O–H groups in total. The number of hydrogen-bond acceptors (Lipinski definition) is 4. The fourth-order valence-corrected chi connectivity index (χ4v) is 3.76. The number of aliphatic hydroxyl groups excluding tert-OH is 1. The number of carbonyl (C=O) groups excluding carboxylic acids is 1. The number of thiazole rings is 1. The Morgan fingerprint density at radius 3 is 2.90 bits per heavy atom. The van der Waals surface area contributed by atoms with Gasteiger partial charge in [0.05, 0.1) is 27.4 Å². The first-order valence-electron chi connectivity index (χ1n) is 7.17. The number of aryl methyl sites for hydroxylation is 1. The highest BCUT2D eigenvalue weighted by molar-refractivity contribution is 7.18. The second-order valence-electron chi connectivity index (χ2n) is 5.64. The van der Waals surface area contributed by atoms with Crippen LogP contribution in [0.3, 0.4) is 0 Å². The Balaban J connectivity index is 1.70. The van der Waals surface area contributed by atoms with E-state index in [0.717, 1.165) is 46.6 Å². The third-order valence-corrected chi connectivity index (χ3v) is 4.93. The number of nitrogens with one attached hydrogen (secondary N) is 2. The van der Waals surface area contributed by atoms with Crippen LogP contribution < -0.4 is 10.6 Å². The van der Waals surface area contributed by atoms with Crippen LogP contribution in [0.1, 0.15) is 30.7 Å². The molecule has 0 atom stereocenters. The number of benzene rings is 1. The van der Waals surface area contributed by atoms with Gasteiger partial charge in [-0.1, -0.05) is 12.8 Å². The molecule has 21 heavy (non-hydrogen) atoms. The Morgan fingerprint density at radius 1 is 1.43 bits per heavy atom. The molecule has 1 aromatic heterocycles. The molecule has 0 unspecified atom stereocenters. The zero-order valence-electron chi connectivity index (χ0n) is 12.0. The number of amides is 2. The van der Waals surface area contributed by atoms with Crippen molar-refractivity contribution in [3.63, 3.8) is 0 Å². The lowest BCUT2D eigenvalue weighted by Crippen LogP contribution is -2.50. The second-order valence-corrected chi connectivity index (χ2v) is 6.87. The summed E-state index contributed by atoms with van der Waals surface area (Å²) < 4.78 is 1.06. The van der Waals surface area contributed by atoms with E-state index in [9.17, 15) is 9.90 Å². The lowest BCUT2D eigenvalue weighted by Gasteiger charge is -2.27. The first kappa shape index (κ1) is 14.3. The molecule has 0 aliphatic heterocycles. The van der Waals surface area contributed by atoms with Crippen molar-refractivity contribution in [2.45, 2.75) is 38.1 Å². The van der Waals surface area contributed by atoms with Crippen molar-refractivity contribution in [2.24, 2.45) is 0 Å². The van der Waals surface area contributed by atoms with Crippen LogP contribution in [0, 0.1) is 6.92 Å². The van der Waals surface area contributed by atoms with E-state index in [4.69, 9.17) is 0 Å². The molecule has 0 spiro atoms. The highest BCUT2D eigenvalue weighted by Crippen LogP contribution is 2.29. The van der Waals surface area contributed by atoms with E-state index in [1.165, 1.54) is 0 Å². The zero-order valence-corrected chi connectivity index (χ0v) is 12.8. The zero-order chi connectivity index (χ0) is 14.9. The summed E-state index contributed by atoms with van der Waals surface area (Å²) in [6.07, 6.45) is 3.77. The van der Waals surface area contributed by atoms with Gasteiger partial charge in [-0.3, -0.25) is 0 Å². The van der Waals surface area contributed by atoms with Gasteiger partial charge in [0.15, 0.2) is 0 Å². The minimum Gasteiger partial charge on any atom is -0.394 e. The maximum atomic E-state index is 12.1. The van der Waals surface area contributed by atoms with Gasteiger partial charge in [-0.25, -0.2) is 9.78 Å². The SMILES string of the molecule is Cc1nc2ccc(NC(=O)NC3(CO)CCCC3)cc2s1. The van der Waals surface area contributed by atoms with E-state index in [-0.39, 0.29) is 12.6 Å². The minimum atomic E-state index is -0.449. The fourth-order valence-electron chi connectivity index (χ4n) is 2.90. The molecule has 0 saturated heterocycles. The number of urea groups is 1. The average Bonchev–Trinajstić information content (AvgIpc) is 3.04. The van der Waals surface area contributed by atoms with E-state index < -0.39 is 5.54 Å². The van der Waals surface area contributed by atoms with Gasteiger partial charge >= 0.3 is 6.03 Å². The summed E-state index contributed by atoms with van der Waals surface area (Å²) in [6, 6.07) is 5.43. The molecular formula is C15H19N3O2S. The van der Waals surface area contributed by atoms with Gasteiger partial charge in [0.1, 0.15) is 0 Å². The maximum Gasteiger partial charge on any atom is 0.319 e. The van der Waals surface area contributed by atoms with E-state index in [0.29, 0.717) is 0 Å². The first-order valence-corrected chi connectivity index (χ1v) is 7.99. The summed E-state index contributed by atoms with van der Waals surface area (Å²) in [5, 5.41) is 16.3. The van der Waals surface area contributed by atoms with Gasteiger partial charge in [-0.15, -0.1) is 11.3 Å². The summed E-state index contributed by atoms with van der Waals surface area (Å²) in [7, 11) is 0. The molecule has 6 heteroatoms. The van der Waals surface area contributed by atoms with E-state index in [1.807, 2.05) is 25.1 Å². The summed E-state index contributed by atoms with van der Waals surface area (Å²) in [5.41, 5.74) is 1.25. The van der Waals surface area contributed by atoms with Crippen LogP contribution in [0.4, 0.5) is 10.5 Å². The molecule has 1 fully saturated rings. The average molecular weight is 305 g/mol. The van der Waals surface area contributed by atoms with Crippen LogP contribution in [0.2, 0.25) is 0 Å². The highest BCUT2D eigenvalue weighted by Gasteiger charge is 2.34. The standard InChI is InChI=1S/C15H19N3O2S/c1-10-16-12-5-4-11(8-13(12)21-10)17-14(20)18-15(9-19)6-2-3-7-15/h4-5,8,19H,2-3,6-7,9H2,1H3,(H2,17,18,20). The third-order valence-electron chi connectivity index (χ3n) is 4.00. The summed E-state index contributed by atoms with van der Waals surface area (Å²) in [6.45, 7) is 1.96. The van der Waals surface area contributed by atoms with Crippen molar-refractivity contribution in [3.05, 3.63) is 23.2 Å². The number of fused-ring (bicyclic) bond motifs is 1. The first-order chi connectivity index (χ1) is 10.1. The molecule has 1 aliphatic rings. The molecule has 1 aromatic carbocycles. The summed E-state index contributed by atoms with van der Waals surface area (Å²) >= 11 is 1.61. The van der Waals surface area contributed by atoms with Gasteiger partial charge in [0, 0.05) is 5.69 Å². The van der Waals surface area contributed by atoms with E-state index in [1.54, 1.807) is 11.3 Å². The largest absolute Gasteiger partial charge is 0.394 e.